The number of aryl methyl sites for hydroxylation is 1. The number of fused-ring (bicyclic) bond motifs is 2. The lowest BCUT2D eigenvalue weighted by molar-refractivity contribution is -0.122. The van der Waals surface area contributed by atoms with Crippen LogP contribution in [0, 0.1) is 24.7 Å². The van der Waals surface area contributed by atoms with E-state index in [2.05, 4.69) is 27.8 Å². The summed E-state index contributed by atoms with van der Waals surface area (Å²) in [5.74, 6) is 2.67. The van der Waals surface area contributed by atoms with Gasteiger partial charge >= 0.3 is 0 Å². The Hall–Kier alpha value is -1.20. The van der Waals surface area contributed by atoms with Crippen molar-refractivity contribution in [2.24, 2.45) is 17.8 Å². The SMILES string of the molecule is Cc1nc(-c2ccc(CCNC(=O)CC3CC4CCC3C4)s2)cs1. The molecule has 4 rings (SSSR count). The Morgan fingerprint density at radius 1 is 1.33 bits per heavy atom. The summed E-state index contributed by atoms with van der Waals surface area (Å²) in [6.07, 6.45) is 7.09. The number of nitrogens with one attached hydrogen (secondary N) is 1. The van der Waals surface area contributed by atoms with E-state index < -0.39 is 0 Å². The van der Waals surface area contributed by atoms with Crippen molar-refractivity contribution in [3.05, 3.63) is 27.4 Å². The molecule has 2 saturated carbocycles. The summed E-state index contributed by atoms with van der Waals surface area (Å²) < 4.78 is 0. The Morgan fingerprint density at radius 2 is 2.25 bits per heavy atom. The zero-order valence-electron chi connectivity index (χ0n) is 14.1. The zero-order valence-corrected chi connectivity index (χ0v) is 15.7. The molecular formula is C19H24N2OS2. The molecule has 3 nitrogen and oxygen atoms in total. The van der Waals surface area contributed by atoms with Gasteiger partial charge in [0.15, 0.2) is 0 Å². The van der Waals surface area contributed by atoms with Crippen LogP contribution < -0.4 is 5.32 Å². The monoisotopic (exact) mass is 360 g/mol. The summed E-state index contributed by atoms with van der Waals surface area (Å²) in [7, 11) is 0. The fourth-order valence-electron chi connectivity index (χ4n) is 4.39. The number of thiazole rings is 1. The van der Waals surface area contributed by atoms with Crippen molar-refractivity contribution >= 4 is 28.6 Å². The lowest BCUT2D eigenvalue weighted by atomic mass is 9.86. The zero-order chi connectivity index (χ0) is 16.5. The molecule has 2 fully saturated rings. The van der Waals surface area contributed by atoms with Gasteiger partial charge in [-0.05, 0) is 62.5 Å². The van der Waals surface area contributed by atoms with Gasteiger partial charge in [0.25, 0.3) is 0 Å². The highest BCUT2D eigenvalue weighted by Gasteiger charge is 2.39. The summed E-state index contributed by atoms with van der Waals surface area (Å²) >= 11 is 3.48. The summed E-state index contributed by atoms with van der Waals surface area (Å²) in [5, 5.41) is 6.34. The Morgan fingerprint density at radius 3 is 2.96 bits per heavy atom. The van der Waals surface area contributed by atoms with Crippen molar-refractivity contribution in [3.63, 3.8) is 0 Å². The maximum absolute atomic E-state index is 12.2. The van der Waals surface area contributed by atoms with Crippen LogP contribution in [-0.2, 0) is 11.2 Å². The first-order valence-electron chi connectivity index (χ1n) is 8.95. The molecule has 5 heteroatoms. The lowest BCUT2D eigenvalue weighted by Gasteiger charge is -2.20. The van der Waals surface area contributed by atoms with E-state index in [0.717, 1.165) is 41.9 Å². The second kappa shape index (κ2) is 6.96. The molecule has 128 valence electrons. The normalized spacial score (nSPS) is 25.3. The Labute approximate surface area is 151 Å². The molecule has 24 heavy (non-hydrogen) atoms. The summed E-state index contributed by atoms with van der Waals surface area (Å²) in [6, 6.07) is 4.31. The van der Waals surface area contributed by atoms with Crippen LogP contribution in [0.2, 0.25) is 0 Å². The smallest absolute Gasteiger partial charge is 0.220 e. The summed E-state index contributed by atoms with van der Waals surface area (Å²) in [5.41, 5.74) is 1.08. The second-order valence-electron chi connectivity index (χ2n) is 7.26. The second-order valence-corrected chi connectivity index (χ2v) is 9.49. The van der Waals surface area contributed by atoms with E-state index in [-0.39, 0.29) is 5.91 Å². The molecule has 2 aliphatic carbocycles. The first kappa shape index (κ1) is 16.3. The maximum atomic E-state index is 12.2. The number of aromatic nitrogens is 1. The van der Waals surface area contributed by atoms with Gasteiger partial charge in [-0.3, -0.25) is 4.79 Å². The average molecular weight is 361 g/mol. The molecule has 0 aromatic carbocycles. The average Bonchev–Trinajstić information content (AvgIpc) is 3.30. The summed E-state index contributed by atoms with van der Waals surface area (Å²) in [6.45, 7) is 2.78. The first-order chi connectivity index (χ1) is 11.7. The number of carbonyl (C=O) groups excluding carboxylic acids is 1. The van der Waals surface area contributed by atoms with E-state index >= 15 is 0 Å². The standard InChI is InChI=1S/C19H24N2OS2/c1-12-21-17(11-23-12)18-5-4-16(24-18)6-7-20-19(22)10-15-9-13-2-3-14(15)8-13/h4-5,11,13-15H,2-3,6-10H2,1H3,(H,20,22). The van der Waals surface area contributed by atoms with Gasteiger partial charge in [-0.2, -0.15) is 0 Å². The maximum Gasteiger partial charge on any atom is 0.220 e. The molecule has 0 spiro atoms. The van der Waals surface area contributed by atoms with Crippen LogP contribution in [0.4, 0.5) is 0 Å². The minimum absolute atomic E-state index is 0.249. The van der Waals surface area contributed by atoms with Gasteiger partial charge < -0.3 is 5.32 Å². The number of hydrogen-bond donors (Lipinski definition) is 1. The van der Waals surface area contributed by atoms with Gasteiger partial charge in [-0.25, -0.2) is 4.98 Å². The molecule has 2 bridgehead atoms. The van der Waals surface area contributed by atoms with Crippen molar-refractivity contribution in [1.82, 2.24) is 10.3 Å². The molecule has 3 unspecified atom stereocenters. The minimum Gasteiger partial charge on any atom is -0.356 e. The highest BCUT2D eigenvalue weighted by atomic mass is 32.1. The van der Waals surface area contributed by atoms with Gasteiger partial charge in [0.2, 0.25) is 5.91 Å². The van der Waals surface area contributed by atoms with Gasteiger partial charge in [0.05, 0.1) is 15.6 Å². The highest BCUT2D eigenvalue weighted by molar-refractivity contribution is 7.16. The number of rotatable bonds is 6. The molecule has 0 aliphatic heterocycles. The number of hydrogen-bond acceptors (Lipinski definition) is 4. The number of amides is 1. The largest absolute Gasteiger partial charge is 0.356 e. The number of thiophene rings is 1. The molecule has 3 atom stereocenters. The Kier molecular flexibility index (Phi) is 4.72. The topological polar surface area (TPSA) is 42.0 Å². The van der Waals surface area contributed by atoms with E-state index in [9.17, 15) is 4.79 Å². The van der Waals surface area contributed by atoms with Gasteiger partial charge in [-0.15, -0.1) is 22.7 Å². The minimum atomic E-state index is 0.249. The molecule has 1 amide bonds. The van der Waals surface area contributed by atoms with Crippen LogP contribution in [0.15, 0.2) is 17.5 Å². The molecule has 2 aromatic rings. The lowest BCUT2D eigenvalue weighted by Crippen LogP contribution is -2.28. The van der Waals surface area contributed by atoms with Crippen LogP contribution in [-0.4, -0.2) is 17.4 Å². The molecule has 2 aromatic heterocycles. The van der Waals surface area contributed by atoms with Gasteiger partial charge in [-0.1, -0.05) is 6.42 Å². The van der Waals surface area contributed by atoms with E-state index in [1.54, 1.807) is 22.7 Å². The fourth-order valence-corrected chi connectivity index (χ4v) is 6.04. The number of nitrogens with zero attached hydrogens (tertiary/aromatic N) is 1. The van der Waals surface area contributed by atoms with Crippen LogP contribution in [0.3, 0.4) is 0 Å². The Bertz CT molecular complexity index is 721. The van der Waals surface area contributed by atoms with Gasteiger partial charge in [0, 0.05) is 23.2 Å². The molecule has 2 aliphatic rings. The van der Waals surface area contributed by atoms with Crippen LogP contribution >= 0.6 is 22.7 Å². The highest BCUT2D eigenvalue weighted by Crippen LogP contribution is 2.49. The van der Waals surface area contributed by atoms with E-state index in [4.69, 9.17) is 0 Å². The van der Waals surface area contributed by atoms with Crippen LogP contribution in [0.25, 0.3) is 10.6 Å². The van der Waals surface area contributed by atoms with E-state index in [1.807, 2.05) is 6.92 Å². The molecular weight excluding hydrogens is 336 g/mol. The van der Waals surface area contributed by atoms with Crippen LogP contribution in [0.5, 0.6) is 0 Å². The van der Waals surface area contributed by atoms with Crippen molar-refractivity contribution < 1.29 is 4.79 Å². The van der Waals surface area contributed by atoms with Crippen molar-refractivity contribution in [1.29, 1.82) is 0 Å². The first-order valence-corrected chi connectivity index (χ1v) is 10.6. The number of carbonyl (C=O) groups is 1. The fraction of sp³-hybridized carbons (Fsp3) is 0.579. The molecule has 0 saturated heterocycles. The molecule has 2 heterocycles. The predicted molar refractivity (Wildman–Crippen MR) is 100 cm³/mol. The predicted octanol–water partition coefficient (Wildman–Crippen LogP) is 4.67. The van der Waals surface area contributed by atoms with E-state index in [1.165, 1.54) is 35.4 Å². The third kappa shape index (κ3) is 3.57. The van der Waals surface area contributed by atoms with Crippen molar-refractivity contribution in [2.75, 3.05) is 6.54 Å². The molecule has 1 N–H and O–H groups in total. The third-order valence-corrected chi connectivity index (χ3v) is 7.50. The molecule has 0 radical (unpaired) electrons. The Balaban J connectivity index is 1.22. The third-order valence-electron chi connectivity index (χ3n) is 5.56. The van der Waals surface area contributed by atoms with Crippen LogP contribution in [0.1, 0.15) is 42.0 Å². The van der Waals surface area contributed by atoms with E-state index in [0.29, 0.717) is 5.92 Å². The quantitative estimate of drug-likeness (QED) is 0.814. The van der Waals surface area contributed by atoms with Crippen molar-refractivity contribution in [2.45, 2.75) is 45.4 Å². The summed E-state index contributed by atoms with van der Waals surface area (Å²) in [4.78, 5) is 19.3. The van der Waals surface area contributed by atoms with Gasteiger partial charge in [0.1, 0.15) is 0 Å². The van der Waals surface area contributed by atoms with Crippen molar-refractivity contribution in [3.8, 4) is 10.6 Å².